The first-order valence-electron chi connectivity index (χ1n) is 22.6. The third-order valence-corrected chi connectivity index (χ3v) is 13.3. The van der Waals surface area contributed by atoms with Crippen molar-refractivity contribution in [1.82, 2.24) is 14.1 Å². The fraction of sp³-hybridized carbons (Fsp3) is 0. The molecular weight excluding hydrogens is 799 g/mol. The predicted octanol–water partition coefficient (Wildman–Crippen LogP) is 16.8. The van der Waals surface area contributed by atoms with E-state index in [9.17, 15) is 0 Å². The van der Waals surface area contributed by atoms with Gasteiger partial charge in [-0.1, -0.05) is 182 Å². The zero-order chi connectivity index (χ0) is 43.6. The Morgan fingerprint density at radius 2 is 0.636 bits per heavy atom. The first-order chi connectivity index (χ1) is 32.7. The van der Waals surface area contributed by atoms with Crippen LogP contribution < -0.4 is 0 Å². The smallest absolute Gasteiger partial charge is 0.0716 e. The van der Waals surface area contributed by atoms with Crippen molar-refractivity contribution in [3.8, 4) is 67.3 Å². The quantitative estimate of drug-likeness (QED) is 0.157. The molecule has 10 aromatic carbocycles. The maximum Gasteiger partial charge on any atom is 0.0716 e. The minimum Gasteiger partial charge on any atom is -0.309 e. The van der Waals surface area contributed by atoms with Gasteiger partial charge in [0.25, 0.3) is 0 Å². The molecule has 3 heteroatoms. The van der Waals surface area contributed by atoms with Crippen LogP contribution in [0, 0.1) is 0 Å². The van der Waals surface area contributed by atoms with Crippen molar-refractivity contribution in [1.29, 1.82) is 0 Å². The summed E-state index contributed by atoms with van der Waals surface area (Å²) in [7, 11) is 0. The second kappa shape index (κ2) is 15.5. The van der Waals surface area contributed by atoms with E-state index in [4.69, 9.17) is 4.98 Å². The first-order valence-corrected chi connectivity index (χ1v) is 22.6. The second-order valence-corrected chi connectivity index (χ2v) is 17.2. The SMILES string of the molecule is c1cc(-c2ccc(-c3cc(-c4cccc(-n5c6ccccc6c6ccccc65)c4)nc(-c4cccc(-n5c6ccccc6c6ccccc65)c4)c3)cc2)cc(-c2cccc3ccccc23)c1. The Labute approximate surface area is 382 Å². The summed E-state index contributed by atoms with van der Waals surface area (Å²) < 4.78 is 4.75. The molecule has 3 nitrogen and oxygen atoms in total. The summed E-state index contributed by atoms with van der Waals surface area (Å²) in [6, 6.07) is 90.0. The van der Waals surface area contributed by atoms with Crippen molar-refractivity contribution < 1.29 is 0 Å². The van der Waals surface area contributed by atoms with Crippen molar-refractivity contribution in [3.05, 3.63) is 249 Å². The van der Waals surface area contributed by atoms with Crippen LogP contribution in [-0.4, -0.2) is 14.1 Å². The van der Waals surface area contributed by atoms with Crippen molar-refractivity contribution in [3.63, 3.8) is 0 Å². The van der Waals surface area contributed by atoms with Gasteiger partial charge in [0.1, 0.15) is 0 Å². The number of para-hydroxylation sites is 4. The summed E-state index contributed by atoms with van der Waals surface area (Å²) in [4.78, 5) is 5.50. The Hall–Kier alpha value is -8.79. The summed E-state index contributed by atoms with van der Waals surface area (Å²) in [6.45, 7) is 0. The number of fused-ring (bicyclic) bond motifs is 7. The molecule has 0 spiro atoms. The number of nitrogens with zero attached hydrogens (tertiary/aromatic N) is 3. The van der Waals surface area contributed by atoms with E-state index in [2.05, 4.69) is 258 Å². The van der Waals surface area contributed by atoms with E-state index in [-0.39, 0.29) is 0 Å². The van der Waals surface area contributed by atoms with E-state index in [0.29, 0.717) is 0 Å². The number of rotatable bonds is 7. The van der Waals surface area contributed by atoms with Crippen LogP contribution in [0.3, 0.4) is 0 Å². The van der Waals surface area contributed by atoms with Gasteiger partial charge in [-0.15, -0.1) is 0 Å². The Kier molecular flexibility index (Phi) is 8.85. The third-order valence-electron chi connectivity index (χ3n) is 13.3. The van der Waals surface area contributed by atoms with Crippen LogP contribution in [-0.2, 0) is 0 Å². The Morgan fingerprint density at radius 3 is 1.17 bits per heavy atom. The monoisotopic (exact) mass is 839 g/mol. The number of benzene rings is 10. The van der Waals surface area contributed by atoms with Gasteiger partial charge in [-0.05, 0) is 111 Å². The topological polar surface area (TPSA) is 22.8 Å². The summed E-state index contributed by atoms with van der Waals surface area (Å²) in [5.41, 5.74) is 17.9. The van der Waals surface area contributed by atoms with E-state index < -0.39 is 0 Å². The summed E-state index contributed by atoms with van der Waals surface area (Å²) >= 11 is 0. The van der Waals surface area contributed by atoms with Crippen LogP contribution in [0.2, 0.25) is 0 Å². The normalized spacial score (nSPS) is 11.6. The molecule has 0 unspecified atom stereocenters. The molecule has 0 saturated heterocycles. The van der Waals surface area contributed by atoms with Gasteiger partial charge in [0.05, 0.1) is 33.5 Å². The minimum absolute atomic E-state index is 0.916. The highest BCUT2D eigenvalue weighted by Gasteiger charge is 2.17. The van der Waals surface area contributed by atoms with Crippen molar-refractivity contribution in [2.75, 3.05) is 0 Å². The molecule has 0 radical (unpaired) electrons. The highest BCUT2D eigenvalue weighted by Crippen LogP contribution is 2.38. The van der Waals surface area contributed by atoms with Gasteiger partial charge in [0.15, 0.2) is 0 Å². The van der Waals surface area contributed by atoms with Crippen LogP contribution in [0.25, 0.3) is 122 Å². The van der Waals surface area contributed by atoms with Crippen molar-refractivity contribution in [2.24, 2.45) is 0 Å². The van der Waals surface area contributed by atoms with Crippen molar-refractivity contribution in [2.45, 2.75) is 0 Å². The molecule has 0 aliphatic carbocycles. The van der Waals surface area contributed by atoms with E-state index >= 15 is 0 Å². The maximum atomic E-state index is 5.50. The van der Waals surface area contributed by atoms with Gasteiger partial charge >= 0.3 is 0 Å². The average molecular weight is 840 g/mol. The zero-order valence-electron chi connectivity index (χ0n) is 36.0. The van der Waals surface area contributed by atoms with E-state index in [1.54, 1.807) is 0 Å². The fourth-order valence-corrected chi connectivity index (χ4v) is 10.2. The van der Waals surface area contributed by atoms with Crippen LogP contribution >= 0.6 is 0 Å². The van der Waals surface area contributed by atoms with Gasteiger partial charge in [-0.25, -0.2) is 4.98 Å². The number of hydrogen-bond acceptors (Lipinski definition) is 1. The van der Waals surface area contributed by atoms with Crippen LogP contribution in [0.15, 0.2) is 249 Å². The lowest BCUT2D eigenvalue weighted by Crippen LogP contribution is -1.97. The Morgan fingerprint density at radius 1 is 0.242 bits per heavy atom. The second-order valence-electron chi connectivity index (χ2n) is 17.2. The Balaban J connectivity index is 0.945. The third kappa shape index (κ3) is 6.32. The summed E-state index contributed by atoms with van der Waals surface area (Å²) in [5.74, 6) is 0. The first kappa shape index (κ1) is 37.7. The van der Waals surface area contributed by atoms with Gasteiger partial charge in [0, 0.05) is 44.0 Å². The molecule has 0 amide bonds. The molecule has 308 valence electrons. The number of hydrogen-bond donors (Lipinski definition) is 0. The molecule has 3 aromatic heterocycles. The number of pyridine rings is 1. The number of aromatic nitrogens is 3. The van der Waals surface area contributed by atoms with Gasteiger partial charge in [0.2, 0.25) is 0 Å². The highest BCUT2D eigenvalue weighted by molar-refractivity contribution is 6.10. The molecule has 0 aliphatic rings. The van der Waals surface area contributed by atoms with Gasteiger partial charge < -0.3 is 9.13 Å². The van der Waals surface area contributed by atoms with E-state index in [0.717, 1.165) is 45.0 Å². The maximum absolute atomic E-state index is 5.50. The molecule has 0 N–H and O–H groups in total. The molecular formula is C63H41N3. The molecule has 3 heterocycles. The molecule has 0 fully saturated rings. The molecule has 0 bridgehead atoms. The van der Waals surface area contributed by atoms with Gasteiger partial charge in [-0.2, -0.15) is 0 Å². The average Bonchev–Trinajstić information content (AvgIpc) is 3.92. The largest absolute Gasteiger partial charge is 0.309 e. The predicted molar refractivity (Wildman–Crippen MR) is 278 cm³/mol. The fourth-order valence-electron chi connectivity index (χ4n) is 10.2. The van der Waals surface area contributed by atoms with E-state index in [1.165, 1.54) is 76.6 Å². The Bertz CT molecular complexity index is 3710. The lowest BCUT2D eigenvalue weighted by molar-refractivity contribution is 1.17. The summed E-state index contributed by atoms with van der Waals surface area (Å²) in [6.07, 6.45) is 0. The van der Waals surface area contributed by atoms with Crippen LogP contribution in [0.5, 0.6) is 0 Å². The molecule has 0 aliphatic heterocycles. The van der Waals surface area contributed by atoms with Crippen LogP contribution in [0.1, 0.15) is 0 Å². The lowest BCUT2D eigenvalue weighted by atomic mass is 9.94. The molecule has 13 rings (SSSR count). The highest BCUT2D eigenvalue weighted by atomic mass is 15.0. The lowest BCUT2D eigenvalue weighted by Gasteiger charge is -2.14. The zero-order valence-corrected chi connectivity index (χ0v) is 36.0. The van der Waals surface area contributed by atoms with Crippen molar-refractivity contribution >= 4 is 54.4 Å². The molecule has 0 saturated carbocycles. The molecule has 66 heavy (non-hydrogen) atoms. The van der Waals surface area contributed by atoms with Gasteiger partial charge in [-0.3, -0.25) is 0 Å². The molecule has 0 atom stereocenters. The van der Waals surface area contributed by atoms with Crippen LogP contribution in [0.4, 0.5) is 0 Å². The standard InChI is InChI=1S/C63H41N3/c1-2-23-52-44(15-1)16-14-28-53(52)46-18-11-17-45(37-46)42-33-35-43(36-34-42)49-40-58(47-19-12-21-50(38-47)65-60-29-7-3-24-54(60)55-25-4-8-30-61(55)65)64-59(41-49)48-20-13-22-51(39-48)66-62-31-9-5-26-56(62)57-27-6-10-32-63(57)66/h1-41H. The summed E-state index contributed by atoms with van der Waals surface area (Å²) in [5, 5.41) is 7.48. The van der Waals surface area contributed by atoms with E-state index in [1.807, 2.05) is 0 Å². The minimum atomic E-state index is 0.916. The molecule has 13 aromatic rings.